The van der Waals surface area contributed by atoms with Gasteiger partial charge < -0.3 is 10.6 Å². The minimum absolute atomic E-state index is 0.0413. The molecule has 1 aromatic heterocycles. The van der Waals surface area contributed by atoms with E-state index in [9.17, 15) is 4.79 Å². The van der Waals surface area contributed by atoms with Crippen LogP contribution in [0.3, 0.4) is 0 Å². The van der Waals surface area contributed by atoms with Crippen molar-refractivity contribution in [3.63, 3.8) is 0 Å². The van der Waals surface area contributed by atoms with Gasteiger partial charge in [-0.05, 0) is 30.7 Å². The second kappa shape index (κ2) is 7.97. The molecule has 2 aromatic rings. The maximum absolute atomic E-state index is 12.0. The van der Waals surface area contributed by atoms with E-state index in [2.05, 4.69) is 15.6 Å². The number of rotatable bonds is 5. The molecule has 0 fully saturated rings. The first-order chi connectivity index (χ1) is 11.1. The summed E-state index contributed by atoms with van der Waals surface area (Å²) >= 11 is 6.03. The van der Waals surface area contributed by atoms with E-state index in [1.54, 1.807) is 12.1 Å². The predicted molar refractivity (Wildman–Crippen MR) is 89.6 cm³/mol. The fourth-order valence-electron chi connectivity index (χ4n) is 1.83. The van der Waals surface area contributed by atoms with Crippen LogP contribution in [-0.2, 0) is 11.3 Å². The molecule has 6 heteroatoms. The van der Waals surface area contributed by atoms with E-state index in [-0.39, 0.29) is 12.1 Å². The lowest BCUT2D eigenvalue weighted by molar-refractivity contribution is -0.117. The van der Waals surface area contributed by atoms with Crippen LogP contribution in [-0.4, -0.2) is 10.9 Å². The number of benzene rings is 1. The van der Waals surface area contributed by atoms with Crippen molar-refractivity contribution in [1.29, 1.82) is 5.26 Å². The van der Waals surface area contributed by atoms with E-state index in [1.807, 2.05) is 43.3 Å². The van der Waals surface area contributed by atoms with Crippen molar-refractivity contribution in [3.8, 4) is 6.07 Å². The van der Waals surface area contributed by atoms with Gasteiger partial charge in [0.25, 0.3) is 5.91 Å². The number of halogens is 1. The van der Waals surface area contributed by atoms with E-state index in [4.69, 9.17) is 16.9 Å². The van der Waals surface area contributed by atoms with E-state index in [1.165, 1.54) is 6.20 Å². The van der Waals surface area contributed by atoms with Crippen molar-refractivity contribution >= 4 is 23.3 Å². The molecule has 5 nitrogen and oxygen atoms in total. The molecular formula is C17H15ClN4O. The Kier molecular flexibility index (Phi) is 5.73. The van der Waals surface area contributed by atoms with Gasteiger partial charge >= 0.3 is 0 Å². The number of nitriles is 1. The van der Waals surface area contributed by atoms with Gasteiger partial charge in [0.1, 0.15) is 17.5 Å². The quantitative estimate of drug-likeness (QED) is 0.653. The van der Waals surface area contributed by atoms with Crippen molar-refractivity contribution in [2.24, 2.45) is 0 Å². The number of anilines is 1. The molecule has 2 N–H and O–H groups in total. The summed E-state index contributed by atoms with van der Waals surface area (Å²) in [5.41, 5.74) is 1.58. The SMILES string of the molecule is Cc1cccc(N/C=C(/C#N)C(=O)NCc2ccccc2Cl)n1. The standard InChI is InChI=1S/C17H15ClN4O/c1-12-5-4-8-16(22-12)20-11-14(9-19)17(23)21-10-13-6-2-3-7-15(13)18/h2-8,11H,10H2,1H3,(H,20,22)(H,21,23)/b14-11-. The van der Waals surface area contributed by atoms with Crippen LogP contribution >= 0.6 is 11.6 Å². The van der Waals surface area contributed by atoms with Crippen LogP contribution in [0.15, 0.2) is 54.2 Å². The molecule has 0 unspecified atom stereocenters. The van der Waals surface area contributed by atoms with E-state index < -0.39 is 5.91 Å². The maximum Gasteiger partial charge on any atom is 0.263 e. The number of nitrogens with one attached hydrogen (secondary N) is 2. The lowest BCUT2D eigenvalue weighted by Crippen LogP contribution is -2.24. The minimum atomic E-state index is -0.479. The van der Waals surface area contributed by atoms with Gasteiger partial charge in [0.15, 0.2) is 0 Å². The molecule has 0 aliphatic heterocycles. The van der Waals surface area contributed by atoms with Crippen molar-refractivity contribution in [2.45, 2.75) is 13.5 Å². The maximum atomic E-state index is 12.0. The number of carbonyl (C=O) groups is 1. The Morgan fingerprint density at radius 1 is 1.30 bits per heavy atom. The molecule has 1 heterocycles. The number of hydrogen-bond acceptors (Lipinski definition) is 4. The predicted octanol–water partition coefficient (Wildman–Crippen LogP) is 3.18. The van der Waals surface area contributed by atoms with Crippen LogP contribution in [0.5, 0.6) is 0 Å². The lowest BCUT2D eigenvalue weighted by atomic mass is 10.2. The van der Waals surface area contributed by atoms with Gasteiger partial charge in [-0.1, -0.05) is 35.9 Å². The molecule has 0 aliphatic rings. The Morgan fingerprint density at radius 3 is 2.78 bits per heavy atom. The molecule has 2 rings (SSSR count). The van der Waals surface area contributed by atoms with Crippen LogP contribution in [0, 0.1) is 18.3 Å². The Bertz CT molecular complexity index is 780. The third-order valence-corrected chi connectivity index (χ3v) is 3.38. The fourth-order valence-corrected chi connectivity index (χ4v) is 2.03. The zero-order valence-corrected chi connectivity index (χ0v) is 13.3. The molecule has 0 saturated carbocycles. The largest absolute Gasteiger partial charge is 0.347 e. The number of carbonyl (C=O) groups excluding carboxylic acids is 1. The summed E-state index contributed by atoms with van der Waals surface area (Å²) in [4.78, 5) is 16.3. The number of pyridine rings is 1. The summed E-state index contributed by atoms with van der Waals surface area (Å²) in [6.07, 6.45) is 1.34. The second-order valence-corrected chi connectivity index (χ2v) is 5.16. The van der Waals surface area contributed by atoms with Crippen molar-refractivity contribution in [2.75, 3.05) is 5.32 Å². The third-order valence-electron chi connectivity index (χ3n) is 3.02. The minimum Gasteiger partial charge on any atom is -0.347 e. The molecule has 116 valence electrons. The molecule has 0 radical (unpaired) electrons. The van der Waals surface area contributed by atoms with Gasteiger partial charge in [-0.25, -0.2) is 4.98 Å². The number of hydrogen-bond donors (Lipinski definition) is 2. The molecular weight excluding hydrogens is 312 g/mol. The summed E-state index contributed by atoms with van der Waals surface area (Å²) in [5.74, 6) is 0.0872. The first kappa shape index (κ1) is 16.5. The number of aryl methyl sites for hydroxylation is 1. The van der Waals surface area contributed by atoms with E-state index >= 15 is 0 Å². The van der Waals surface area contributed by atoms with E-state index in [0.717, 1.165) is 11.3 Å². The van der Waals surface area contributed by atoms with Crippen LogP contribution < -0.4 is 10.6 Å². The molecule has 0 aliphatic carbocycles. The molecule has 1 aromatic carbocycles. The average molecular weight is 327 g/mol. The summed E-state index contributed by atoms with van der Waals surface area (Å²) in [7, 11) is 0. The van der Waals surface area contributed by atoms with Gasteiger partial charge in [0.2, 0.25) is 0 Å². The van der Waals surface area contributed by atoms with Gasteiger partial charge in [-0.2, -0.15) is 5.26 Å². The summed E-state index contributed by atoms with van der Waals surface area (Å²) in [6.45, 7) is 2.11. The number of aromatic nitrogens is 1. The lowest BCUT2D eigenvalue weighted by Gasteiger charge is -2.06. The molecule has 1 amide bonds. The summed E-state index contributed by atoms with van der Waals surface area (Å²) < 4.78 is 0. The smallest absolute Gasteiger partial charge is 0.263 e. The Labute approximate surface area is 139 Å². The molecule has 0 atom stereocenters. The van der Waals surface area contributed by atoms with Gasteiger partial charge in [0, 0.05) is 23.5 Å². The highest BCUT2D eigenvalue weighted by atomic mass is 35.5. The van der Waals surface area contributed by atoms with Gasteiger partial charge in [0.05, 0.1) is 0 Å². The van der Waals surface area contributed by atoms with Crippen LogP contribution in [0.1, 0.15) is 11.3 Å². The highest BCUT2D eigenvalue weighted by Gasteiger charge is 2.09. The van der Waals surface area contributed by atoms with Crippen LogP contribution in [0.2, 0.25) is 5.02 Å². The summed E-state index contributed by atoms with van der Waals surface area (Å²) in [6, 6.07) is 14.5. The first-order valence-corrected chi connectivity index (χ1v) is 7.30. The highest BCUT2D eigenvalue weighted by Crippen LogP contribution is 2.14. The first-order valence-electron chi connectivity index (χ1n) is 6.92. The monoisotopic (exact) mass is 326 g/mol. The highest BCUT2D eigenvalue weighted by molar-refractivity contribution is 6.31. The average Bonchev–Trinajstić information content (AvgIpc) is 2.55. The topological polar surface area (TPSA) is 77.8 Å². The van der Waals surface area contributed by atoms with Crippen LogP contribution in [0.4, 0.5) is 5.82 Å². The second-order valence-electron chi connectivity index (χ2n) is 4.75. The zero-order valence-electron chi connectivity index (χ0n) is 12.5. The zero-order chi connectivity index (χ0) is 16.7. The van der Waals surface area contributed by atoms with Crippen molar-refractivity contribution < 1.29 is 4.79 Å². The molecule has 0 saturated heterocycles. The third kappa shape index (κ3) is 4.83. The number of amides is 1. The van der Waals surface area contributed by atoms with E-state index in [0.29, 0.717) is 10.8 Å². The summed E-state index contributed by atoms with van der Waals surface area (Å²) in [5, 5.41) is 15.2. The number of nitrogens with zero attached hydrogens (tertiary/aromatic N) is 2. The normalized spacial score (nSPS) is 10.7. The van der Waals surface area contributed by atoms with Crippen molar-refractivity contribution in [1.82, 2.24) is 10.3 Å². The van der Waals surface area contributed by atoms with Gasteiger partial charge in [-0.15, -0.1) is 0 Å². The van der Waals surface area contributed by atoms with Crippen LogP contribution in [0.25, 0.3) is 0 Å². The Balaban J connectivity index is 2.00. The Morgan fingerprint density at radius 2 is 2.09 bits per heavy atom. The fraction of sp³-hybridized carbons (Fsp3) is 0.118. The molecule has 0 bridgehead atoms. The molecule has 0 spiro atoms. The van der Waals surface area contributed by atoms with Gasteiger partial charge in [-0.3, -0.25) is 4.79 Å². The van der Waals surface area contributed by atoms with Crippen molar-refractivity contribution in [3.05, 3.63) is 70.5 Å². The Hall–Kier alpha value is -2.84. The molecule has 23 heavy (non-hydrogen) atoms.